The minimum absolute atomic E-state index is 0.0447. The van der Waals surface area contributed by atoms with Gasteiger partial charge in [0.2, 0.25) is 0 Å². The maximum atomic E-state index is 12.2. The van der Waals surface area contributed by atoms with E-state index in [2.05, 4.69) is 31.4 Å². The van der Waals surface area contributed by atoms with Crippen molar-refractivity contribution in [3.05, 3.63) is 29.3 Å². The minimum atomic E-state index is -0.173. The van der Waals surface area contributed by atoms with Gasteiger partial charge in [-0.2, -0.15) is 11.8 Å². The summed E-state index contributed by atoms with van der Waals surface area (Å²) in [6.45, 7) is 3.24. The zero-order chi connectivity index (χ0) is 20.1. The summed E-state index contributed by atoms with van der Waals surface area (Å²) in [6, 6.07) is 6.85. The molecule has 0 N–H and O–H groups in total. The average Bonchev–Trinajstić information content (AvgIpc) is 2.99. The molecule has 3 unspecified atom stereocenters. The third-order valence-corrected chi connectivity index (χ3v) is 9.39. The number of ether oxygens (including phenoxy) is 2. The van der Waals surface area contributed by atoms with Crippen LogP contribution in [-0.2, 0) is 16.0 Å². The summed E-state index contributed by atoms with van der Waals surface area (Å²) in [5.74, 6) is 4.22. The van der Waals surface area contributed by atoms with Gasteiger partial charge in [0.1, 0.15) is 11.4 Å². The van der Waals surface area contributed by atoms with E-state index in [0.717, 1.165) is 49.7 Å². The zero-order valence-electron chi connectivity index (χ0n) is 17.9. The lowest BCUT2D eigenvalue weighted by Gasteiger charge is -2.55. The molecular formula is C25H34O3S. The summed E-state index contributed by atoms with van der Waals surface area (Å²) >= 11 is 1.83. The van der Waals surface area contributed by atoms with Crippen molar-refractivity contribution in [2.45, 2.75) is 76.2 Å². The van der Waals surface area contributed by atoms with Crippen LogP contribution >= 0.6 is 11.8 Å². The van der Waals surface area contributed by atoms with Gasteiger partial charge < -0.3 is 9.47 Å². The third-order valence-electron chi connectivity index (χ3n) is 8.81. The van der Waals surface area contributed by atoms with Crippen molar-refractivity contribution < 1.29 is 14.3 Å². The Kier molecular flexibility index (Phi) is 5.13. The predicted octanol–water partition coefficient (Wildman–Crippen LogP) is 5.75. The van der Waals surface area contributed by atoms with Gasteiger partial charge in [-0.1, -0.05) is 13.0 Å². The number of hydrogen-bond acceptors (Lipinski definition) is 4. The number of benzene rings is 1. The van der Waals surface area contributed by atoms with Crippen LogP contribution in [0, 0.1) is 17.3 Å². The first kappa shape index (κ1) is 19.8. The van der Waals surface area contributed by atoms with Crippen LogP contribution in [0.2, 0.25) is 0 Å². The van der Waals surface area contributed by atoms with E-state index in [1.54, 1.807) is 5.56 Å². The molecule has 1 aromatic rings. The highest BCUT2D eigenvalue weighted by atomic mass is 32.2. The molecule has 0 aromatic heterocycles. The van der Waals surface area contributed by atoms with Crippen molar-refractivity contribution in [2.75, 3.05) is 18.6 Å². The fraction of sp³-hybridized carbons (Fsp3) is 0.720. The lowest BCUT2D eigenvalue weighted by atomic mass is 9.52. The third kappa shape index (κ3) is 3.12. The van der Waals surface area contributed by atoms with Crippen molar-refractivity contribution in [1.82, 2.24) is 0 Å². The van der Waals surface area contributed by atoms with Crippen LogP contribution in [0.25, 0.3) is 0 Å². The van der Waals surface area contributed by atoms with E-state index >= 15 is 0 Å². The van der Waals surface area contributed by atoms with Gasteiger partial charge in [0.15, 0.2) is 0 Å². The number of carbonyl (C=O) groups excluding carboxylic acids is 1. The first-order valence-corrected chi connectivity index (χ1v) is 12.9. The summed E-state index contributed by atoms with van der Waals surface area (Å²) in [7, 11) is 0. The highest BCUT2D eigenvalue weighted by molar-refractivity contribution is 7.98. The first-order chi connectivity index (χ1) is 14.1. The predicted molar refractivity (Wildman–Crippen MR) is 118 cm³/mol. The molecule has 29 heavy (non-hydrogen) atoms. The van der Waals surface area contributed by atoms with Gasteiger partial charge in [-0.15, -0.1) is 0 Å². The van der Waals surface area contributed by atoms with E-state index in [4.69, 9.17) is 9.47 Å². The van der Waals surface area contributed by atoms with Gasteiger partial charge in [0, 0.05) is 17.6 Å². The smallest absolute Gasteiger partial charge is 0.306 e. The Hall–Kier alpha value is -1.16. The molecule has 3 nitrogen and oxygen atoms in total. The summed E-state index contributed by atoms with van der Waals surface area (Å²) in [6.07, 6.45) is 12.0. The van der Waals surface area contributed by atoms with Crippen LogP contribution in [0.4, 0.5) is 0 Å². The number of hydrogen-bond donors (Lipinski definition) is 0. The molecular weight excluding hydrogens is 380 g/mol. The molecule has 158 valence electrons. The normalized spacial score (nSPS) is 38.1. The summed E-state index contributed by atoms with van der Waals surface area (Å²) in [5, 5.41) is 0. The van der Waals surface area contributed by atoms with Crippen LogP contribution in [0.15, 0.2) is 18.2 Å². The van der Waals surface area contributed by atoms with Crippen LogP contribution < -0.4 is 4.74 Å². The van der Waals surface area contributed by atoms with Gasteiger partial charge in [-0.05, 0) is 98.6 Å². The lowest BCUT2D eigenvalue weighted by Crippen LogP contribution is -2.54. The largest absolute Gasteiger partial charge is 0.493 e. The van der Waals surface area contributed by atoms with Gasteiger partial charge in [-0.3, -0.25) is 4.79 Å². The fourth-order valence-electron chi connectivity index (χ4n) is 7.40. The molecule has 1 spiro atoms. The van der Waals surface area contributed by atoms with Gasteiger partial charge in [0.05, 0.1) is 6.61 Å². The summed E-state index contributed by atoms with van der Waals surface area (Å²) in [4.78, 5) is 12.2. The second-order valence-electron chi connectivity index (χ2n) is 9.93. The Morgan fingerprint density at radius 1 is 1.17 bits per heavy atom. The molecule has 1 aromatic carbocycles. The Bertz CT molecular complexity index is 792. The molecule has 0 amide bonds. The van der Waals surface area contributed by atoms with Crippen molar-refractivity contribution in [2.24, 2.45) is 17.3 Å². The summed E-state index contributed by atoms with van der Waals surface area (Å²) in [5.41, 5.74) is 3.07. The second-order valence-corrected chi connectivity index (χ2v) is 10.9. The fourth-order valence-corrected chi connectivity index (χ4v) is 7.65. The van der Waals surface area contributed by atoms with Crippen molar-refractivity contribution in [1.29, 1.82) is 0 Å². The number of aryl methyl sites for hydroxylation is 1. The molecule has 0 bridgehead atoms. The Balaban J connectivity index is 1.38. The quantitative estimate of drug-likeness (QED) is 0.464. The van der Waals surface area contributed by atoms with E-state index in [-0.39, 0.29) is 17.0 Å². The van der Waals surface area contributed by atoms with Gasteiger partial charge >= 0.3 is 5.97 Å². The second kappa shape index (κ2) is 7.51. The molecule has 0 radical (unpaired) electrons. The van der Waals surface area contributed by atoms with Crippen LogP contribution in [0.3, 0.4) is 0 Å². The van der Waals surface area contributed by atoms with Crippen LogP contribution in [0.5, 0.6) is 5.75 Å². The maximum Gasteiger partial charge on any atom is 0.306 e. The molecule has 4 aliphatic rings. The molecule has 1 aliphatic heterocycles. The number of rotatable bonds is 4. The molecule has 5 rings (SSSR count). The van der Waals surface area contributed by atoms with Crippen molar-refractivity contribution in [3.8, 4) is 5.75 Å². The van der Waals surface area contributed by atoms with Crippen molar-refractivity contribution >= 4 is 17.7 Å². The number of thioether (sulfide) groups is 1. The Morgan fingerprint density at radius 2 is 2.07 bits per heavy atom. The van der Waals surface area contributed by atoms with Gasteiger partial charge in [0.25, 0.3) is 0 Å². The standard InChI is InChI=1S/C25H34O3S/c1-24-12-9-20-19-8-6-18(27-14-15-29-2)16-17(19)5-7-21(20)22(24)10-13-25(24)11-3-4-23(26)28-25/h6,8,16,20-22H,3-5,7,9-15H2,1-2H3/t20?,21?,22?,24-,25-/m0/s1. The van der Waals surface area contributed by atoms with Crippen molar-refractivity contribution in [3.63, 3.8) is 0 Å². The molecule has 4 heteroatoms. The SMILES string of the molecule is CSCCOc1ccc2c(c1)CCC1C2CC[C@@]2(C)C1CC[C@@]21CCCC(=O)O1. The maximum absolute atomic E-state index is 12.2. The molecule has 3 aliphatic carbocycles. The molecule has 3 fully saturated rings. The number of esters is 1. The lowest BCUT2D eigenvalue weighted by molar-refractivity contribution is -0.190. The Labute approximate surface area is 179 Å². The highest BCUT2D eigenvalue weighted by Crippen LogP contribution is 2.67. The number of carbonyl (C=O) groups is 1. The van der Waals surface area contributed by atoms with E-state index < -0.39 is 0 Å². The monoisotopic (exact) mass is 414 g/mol. The molecule has 5 atom stereocenters. The average molecular weight is 415 g/mol. The Morgan fingerprint density at radius 3 is 2.90 bits per heavy atom. The number of fused-ring (bicyclic) bond motifs is 6. The van der Waals surface area contributed by atoms with E-state index in [0.29, 0.717) is 18.3 Å². The molecule has 2 saturated carbocycles. The first-order valence-electron chi connectivity index (χ1n) is 11.5. The molecule has 1 saturated heterocycles. The molecule has 1 heterocycles. The minimum Gasteiger partial charge on any atom is -0.493 e. The van der Waals surface area contributed by atoms with E-state index in [1.165, 1.54) is 31.2 Å². The van der Waals surface area contributed by atoms with E-state index in [1.807, 2.05) is 11.8 Å². The van der Waals surface area contributed by atoms with Crippen LogP contribution in [0.1, 0.15) is 75.3 Å². The summed E-state index contributed by atoms with van der Waals surface area (Å²) < 4.78 is 12.1. The highest BCUT2D eigenvalue weighted by Gasteiger charge is 2.64. The topological polar surface area (TPSA) is 35.5 Å². The van der Waals surface area contributed by atoms with E-state index in [9.17, 15) is 4.79 Å². The van der Waals surface area contributed by atoms with Crippen LogP contribution in [-0.4, -0.2) is 30.2 Å². The van der Waals surface area contributed by atoms with Gasteiger partial charge in [-0.25, -0.2) is 0 Å². The zero-order valence-corrected chi connectivity index (χ0v) is 18.7.